The molecule has 1 aliphatic rings. The van der Waals surface area contributed by atoms with E-state index in [0.29, 0.717) is 33.7 Å². The number of hydrogen-bond acceptors (Lipinski definition) is 6. The van der Waals surface area contributed by atoms with Crippen LogP contribution in [0.25, 0.3) is 6.08 Å². The smallest absolute Gasteiger partial charge is 0.266 e. The molecule has 2 amide bonds. The molecule has 0 bridgehead atoms. The Morgan fingerprint density at radius 1 is 1.32 bits per heavy atom. The maximum absolute atomic E-state index is 12.5. The van der Waals surface area contributed by atoms with Crippen molar-refractivity contribution in [2.45, 2.75) is 19.8 Å². The quantitative estimate of drug-likeness (QED) is 0.514. The van der Waals surface area contributed by atoms with E-state index in [1.807, 2.05) is 54.8 Å². The molecule has 144 valence electrons. The topological polar surface area (TPSA) is 62.3 Å². The molecule has 3 rings (SSSR count). The Kier molecular flexibility index (Phi) is 7.13. The third-order valence-corrected chi connectivity index (χ3v) is 6.13. The van der Waals surface area contributed by atoms with Gasteiger partial charge in [0.15, 0.2) is 5.13 Å². The molecule has 1 saturated heterocycles. The first-order chi connectivity index (χ1) is 13.5. The molecule has 0 atom stereocenters. The molecule has 28 heavy (non-hydrogen) atoms. The minimum atomic E-state index is -0.110. The van der Waals surface area contributed by atoms with Crippen LogP contribution in [0.5, 0.6) is 0 Å². The Hall–Kier alpha value is -2.29. The highest BCUT2D eigenvalue weighted by atomic mass is 32.2. The van der Waals surface area contributed by atoms with Gasteiger partial charge in [-0.2, -0.15) is 0 Å². The summed E-state index contributed by atoms with van der Waals surface area (Å²) in [4.78, 5) is 30.9. The SMILES string of the molecule is Cc1csc(NC(=O)CCCN2C(=O)C(=CC=Cc3ccccc3)SC2=S)n1. The summed E-state index contributed by atoms with van der Waals surface area (Å²) in [6.07, 6.45) is 6.42. The average Bonchev–Trinajstić information content (AvgIpc) is 3.20. The highest BCUT2D eigenvalue weighted by molar-refractivity contribution is 8.26. The van der Waals surface area contributed by atoms with Crippen LogP contribution in [-0.2, 0) is 9.59 Å². The van der Waals surface area contributed by atoms with E-state index < -0.39 is 0 Å². The number of amides is 2. The Morgan fingerprint density at radius 2 is 2.11 bits per heavy atom. The van der Waals surface area contributed by atoms with Gasteiger partial charge in [-0.1, -0.05) is 66.5 Å². The van der Waals surface area contributed by atoms with Crippen LogP contribution in [0.1, 0.15) is 24.1 Å². The molecule has 0 saturated carbocycles. The monoisotopic (exact) mass is 429 g/mol. The zero-order valence-corrected chi connectivity index (χ0v) is 17.7. The molecule has 1 aromatic heterocycles. The van der Waals surface area contributed by atoms with Gasteiger partial charge in [0.1, 0.15) is 4.32 Å². The van der Waals surface area contributed by atoms with E-state index >= 15 is 0 Å². The summed E-state index contributed by atoms with van der Waals surface area (Å²) in [6.45, 7) is 2.30. The number of thioether (sulfide) groups is 1. The predicted octanol–water partition coefficient (Wildman–Crippen LogP) is 4.63. The van der Waals surface area contributed by atoms with Gasteiger partial charge in [0.05, 0.1) is 10.6 Å². The number of thiocarbonyl (C=S) groups is 1. The van der Waals surface area contributed by atoms with Gasteiger partial charge in [0.2, 0.25) is 5.91 Å². The van der Waals surface area contributed by atoms with Crippen LogP contribution < -0.4 is 5.32 Å². The van der Waals surface area contributed by atoms with E-state index in [-0.39, 0.29) is 11.8 Å². The second-order valence-electron chi connectivity index (χ2n) is 6.07. The first-order valence-electron chi connectivity index (χ1n) is 8.72. The molecule has 0 unspecified atom stereocenters. The molecular weight excluding hydrogens is 410 g/mol. The van der Waals surface area contributed by atoms with Gasteiger partial charge in [-0.25, -0.2) is 4.98 Å². The minimum Gasteiger partial charge on any atom is -0.302 e. The van der Waals surface area contributed by atoms with Crippen LogP contribution in [0.15, 0.2) is 52.8 Å². The van der Waals surface area contributed by atoms with E-state index in [1.165, 1.54) is 23.1 Å². The van der Waals surface area contributed by atoms with Gasteiger partial charge >= 0.3 is 0 Å². The van der Waals surface area contributed by atoms with Crippen molar-refractivity contribution in [1.82, 2.24) is 9.88 Å². The molecule has 1 aliphatic heterocycles. The Morgan fingerprint density at radius 3 is 2.82 bits per heavy atom. The van der Waals surface area contributed by atoms with Crippen molar-refractivity contribution in [3.05, 3.63) is 64.0 Å². The van der Waals surface area contributed by atoms with E-state index in [1.54, 1.807) is 11.0 Å². The lowest BCUT2D eigenvalue weighted by molar-refractivity contribution is -0.122. The number of benzene rings is 1. The van der Waals surface area contributed by atoms with Crippen LogP contribution >= 0.6 is 35.3 Å². The number of allylic oxidation sites excluding steroid dienone is 2. The third-order valence-electron chi connectivity index (χ3n) is 3.86. The standard InChI is InChI=1S/C20H19N3O2S3/c1-14-13-27-19(21-14)22-17(24)11-6-12-23-18(25)16(28-20(23)26)10-5-9-15-7-3-2-4-8-15/h2-5,7-10,13H,6,11-12H2,1H3,(H,21,22,24). The lowest BCUT2D eigenvalue weighted by Gasteiger charge is -2.13. The number of aromatic nitrogens is 1. The van der Waals surface area contributed by atoms with Crippen LogP contribution in [0.3, 0.4) is 0 Å². The number of hydrogen-bond donors (Lipinski definition) is 1. The summed E-state index contributed by atoms with van der Waals surface area (Å²) in [6, 6.07) is 9.87. The lowest BCUT2D eigenvalue weighted by atomic mass is 10.2. The molecule has 1 fully saturated rings. The summed E-state index contributed by atoms with van der Waals surface area (Å²) in [5.74, 6) is -0.218. The Balaban J connectivity index is 1.48. The summed E-state index contributed by atoms with van der Waals surface area (Å²) >= 11 is 8.01. The second-order valence-corrected chi connectivity index (χ2v) is 8.61. The number of nitrogens with one attached hydrogen (secondary N) is 1. The maximum Gasteiger partial charge on any atom is 0.266 e. The number of aryl methyl sites for hydroxylation is 1. The maximum atomic E-state index is 12.5. The number of rotatable bonds is 7. The molecule has 1 aromatic carbocycles. The van der Waals surface area contributed by atoms with Crippen LogP contribution in [0.2, 0.25) is 0 Å². The van der Waals surface area contributed by atoms with Crippen molar-refractivity contribution in [3.63, 3.8) is 0 Å². The first-order valence-corrected chi connectivity index (χ1v) is 10.8. The first kappa shape index (κ1) is 20.4. The largest absolute Gasteiger partial charge is 0.302 e. The zero-order valence-electron chi connectivity index (χ0n) is 15.3. The minimum absolute atomic E-state index is 0.108. The Labute approximate surface area is 177 Å². The van der Waals surface area contributed by atoms with Crippen molar-refractivity contribution in [1.29, 1.82) is 0 Å². The highest BCUT2D eigenvalue weighted by Crippen LogP contribution is 2.31. The Bertz CT molecular complexity index is 935. The number of carbonyl (C=O) groups excluding carboxylic acids is 2. The molecular formula is C20H19N3O2S3. The van der Waals surface area contributed by atoms with Gasteiger partial charge in [0, 0.05) is 18.3 Å². The summed E-state index contributed by atoms with van der Waals surface area (Å²) in [5.41, 5.74) is 1.95. The molecule has 0 aliphatic carbocycles. The molecule has 2 aromatic rings. The van der Waals surface area contributed by atoms with Crippen LogP contribution in [0, 0.1) is 6.92 Å². The number of carbonyl (C=O) groups is 2. The van der Waals surface area contributed by atoms with Crippen molar-refractivity contribution >= 4 is 62.7 Å². The molecule has 1 N–H and O–H groups in total. The second kappa shape index (κ2) is 9.77. The summed E-state index contributed by atoms with van der Waals surface area (Å²) in [7, 11) is 0. The fourth-order valence-corrected chi connectivity index (χ4v) is 4.47. The van der Waals surface area contributed by atoms with Gasteiger partial charge in [-0.3, -0.25) is 14.5 Å². The van der Waals surface area contributed by atoms with Crippen molar-refractivity contribution in [2.24, 2.45) is 0 Å². The van der Waals surface area contributed by atoms with E-state index in [9.17, 15) is 9.59 Å². The van der Waals surface area contributed by atoms with E-state index in [0.717, 1.165) is 11.3 Å². The van der Waals surface area contributed by atoms with Crippen molar-refractivity contribution in [2.75, 3.05) is 11.9 Å². The van der Waals surface area contributed by atoms with Crippen molar-refractivity contribution < 1.29 is 9.59 Å². The fourth-order valence-electron chi connectivity index (χ4n) is 2.51. The molecule has 0 radical (unpaired) electrons. The van der Waals surface area contributed by atoms with Gasteiger partial charge in [0.25, 0.3) is 5.91 Å². The fraction of sp³-hybridized carbons (Fsp3) is 0.200. The molecule has 2 heterocycles. The van der Waals surface area contributed by atoms with Crippen LogP contribution in [-0.4, -0.2) is 32.6 Å². The average molecular weight is 430 g/mol. The molecule has 0 spiro atoms. The number of thiazole rings is 1. The zero-order chi connectivity index (χ0) is 19.9. The molecule has 5 nitrogen and oxygen atoms in total. The van der Waals surface area contributed by atoms with Crippen LogP contribution in [0.4, 0.5) is 5.13 Å². The number of nitrogens with zero attached hydrogens (tertiary/aromatic N) is 2. The lowest BCUT2D eigenvalue weighted by Crippen LogP contribution is -2.29. The van der Waals surface area contributed by atoms with Crippen molar-refractivity contribution in [3.8, 4) is 0 Å². The normalized spacial score (nSPS) is 15.8. The van der Waals surface area contributed by atoms with Gasteiger partial charge < -0.3 is 5.32 Å². The third kappa shape index (κ3) is 5.60. The van der Waals surface area contributed by atoms with E-state index in [2.05, 4.69) is 10.3 Å². The highest BCUT2D eigenvalue weighted by Gasteiger charge is 2.31. The van der Waals surface area contributed by atoms with E-state index in [4.69, 9.17) is 12.2 Å². The van der Waals surface area contributed by atoms with Gasteiger partial charge in [-0.05, 0) is 25.0 Å². The van der Waals surface area contributed by atoms with Gasteiger partial charge in [-0.15, -0.1) is 11.3 Å². The summed E-state index contributed by atoms with van der Waals surface area (Å²) < 4.78 is 0.528. The summed E-state index contributed by atoms with van der Waals surface area (Å²) in [5, 5.41) is 5.25. The number of anilines is 1. The molecule has 8 heteroatoms. The predicted molar refractivity (Wildman–Crippen MR) is 120 cm³/mol.